The van der Waals surface area contributed by atoms with E-state index in [0.29, 0.717) is 27.9 Å². The van der Waals surface area contributed by atoms with Crippen LogP contribution in [0.2, 0.25) is 0 Å². The van der Waals surface area contributed by atoms with Crippen LogP contribution in [-0.2, 0) is 0 Å². The van der Waals surface area contributed by atoms with Crippen molar-refractivity contribution in [2.75, 3.05) is 7.11 Å². The number of pyridine rings is 1. The van der Waals surface area contributed by atoms with Crippen molar-refractivity contribution in [1.29, 1.82) is 0 Å². The predicted molar refractivity (Wildman–Crippen MR) is 120 cm³/mol. The lowest BCUT2D eigenvalue weighted by molar-refractivity contribution is -0.384. The Bertz CT molecular complexity index is 1120. The topological polar surface area (TPSA) is 93.7 Å². The smallest absolute Gasteiger partial charge is 0.273 e. The molecule has 0 saturated carbocycles. The van der Waals surface area contributed by atoms with Crippen molar-refractivity contribution in [2.24, 2.45) is 0 Å². The van der Waals surface area contributed by atoms with Crippen LogP contribution in [0.4, 0.5) is 5.69 Å². The van der Waals surface area contributed by atoms with Gasteiger partial charge in [-0.3, -0.25) is 15.1 Å². The molecule has 0 spiro atoms. The van der Waals surface area contributed by atoms with Crippen molar-refractivity contribution in [3.05, 3.63) is 76.3 Å². The summed E-state index contributed by atoms with van der Waals surface area (Å²) in [5.41, 5.74) is 1.46. The van der Waals surface area contributed by atoms with Crippen molar-refractivity contribution in [2.45, 2.75) is 32.0 Å². The van der Waals surface area contributed by atoms with Crippen LogP contribution >= 0.6 is 12.2 Å². The van der Waals surface area contributed by atoms with E-state index in [0.717, 1.165) is 5.69 Å². The molecule has 1 aliphatic rings. The highest BCUT2D eigenvalue weighted by atomic mass is 32.1. The molecule has 4 rings (SSSR count). The molecular weight excluding hydrogens is 416 g/mol. The second-order valence-corrected chi connectivity index (χ2v) is 7.86. The maximum absolute atomic E-state index is 11.1. The molecule has 0 amide bonds. The molecule has 1 aliphatic heterocycles. The molecule has 0 radical (unpaired) electrons. The molecule has 31 heavy (non-hydrogen) atoms. The second-order valence-electron chi connectivity index (χ2n) is 7.47. The number of ether oxygens (including phenoxy) is 1. The number of rotatable bonds is 6. The fourth-order valence-electron chi connectivity index (χ4n) is 3.88. The summed E-state index contributed by atoms with van der Waals surface area (Å²) in [4.78, 5) is 17.2. The predicted octanol–water partition coefficient (Wildman–Crippen LogP) is 4.64. The average molecular weight is 439 g/mol. The van der Waals surface area contributed by atoms with Gasteiger partial charge in [0, 0.05) is 18.3 Å². The maximum atomic E-state index is 11.1. The third-order valence-corrected chi connectivity index (χ3v) is 5.60. The summed E-state index contributed by atoms with van der Waals surface area (Å²) in [6.45, 7) is 4.15. The van der Waals surface area contributed by atoms with E-state index in [4.69, 9.17) is 21.4 Å². The molecule has 8 nitrogen and oxygen atoms in total. The Morgan fingerprint density at radius 2 is 2.06 bits per heavy atom. The molecule has 0 bridgehead atoms. The summed E-state index contributed by atoms with van der Waals surface area (Å²) in [6, 6.07) is 13.7. The van der Waals surface area contributed by atoms with Gasteiger partial charge in [-0.1, -0.05) is 6.07 Å². The normalized spacial score (nSPS) is 18.3. The third kappa shape index (κ3) is 3.84. The van der Waals surface area contributed by atoms with Crippen LogP contribution in [0.15, 0.2) is 59.1 Å². The van der Waals surface area contributed by atoms with E-state index in [-0.39, 0.29) is 23.8 Å². The highest BCUT2D eigenvalue weighted by Gasteiger charge is 2.42. The highest BCUT2D eigenvalue weighted by Crippen LogP contribution is 2.42. The van der Waals surface area contributed by atoms with E-state index in [1.54, 1.807) is 12.3 Å². The molecule has 3 heterocycles. The molecule has 2 atom stereocenters. The van der Waals surface area contributed by atoms with Gasteiger partial charge in [-0.2, -0.15) is 0 Å². The van der Waals surface area contributed by atoms with Crippen LogP contribution in [0, 0.1) is 10.1 Å². The number of aromatic nitrogens is 1. The Morgan fingerprint density at radius 1 is 1.26 bits per heavy atom. The van der Waals surface area contributed by atoms with Crippen molar-refractivity contribution >= 4 is 23.0 Å². The number of nitro benzene ring substituents is 1. The highest BCUT2D eigenvalue weighted by molar-refractivity contribution is 7.80. The lowest BCUT2D eigenvalue weighted by Gasteiger charge is -2.29. The molecule has 1 N–H and O–H groups in total. The van der Waals surface area contributed by atoms with Crippen LogP contribution < -0.4 is 10.1 Å². The van der Waals surface area contributed by atoms with Crippen LogP contribution in [0.25, 0.3) is 11.3 Å². The number of thiocarbonyl (C=S) groups is 1. The first-order valence-corrected chi connectivity index (χ1v) is 10.2. The number of hydrogen-bond donors (Lipinski definition) is 1. The van der Waals surface area contributed by atoms with Gasteiger partial charge in [-0.05, 0) is 56.4 Å². The summed E-state index contributed by atoms with van der Waals surface area (Å²) in [5.74, 6) is 1.65. The molecule has 2 aromatic heterocycles. The maximum Gasteiger partial charge on any atom is 0.273 e. The molecule has 1 fully saturated rings. The number of hydrogen-bond acceptors (Lipinski definition) is 6. The molecule has 1 aromatic carbocycles. The van der Waals surface area contributed by atoms with Crippen LogP contribution in [-0.4, -0.2) is 33.1 Å². The number of nitro groups is 1. The number of nitrogens with one attached hydrogen (secondary N) is 1. The first-order chi connectivity index (χ1) is 14.9. The Kier molecular flexibility index (Phi) is 5.60. The minimum Gasteiger partial charge on any atom is -0.496 e. The number of nitrogens with zero attached hydrogens (tertiary/aromatic N) is 3. The third-order valence-electron chi connectivity index (χ3n) is 5.27. The number of benzene rings is 1. The zero-order chi connectivity index (χ0) is 22.1. The fraction of sp³-hybridized carbons (Fsp3) is 0.273. The van der Waals surface area contributed by atoms with Gasteiger partial charge in [0.2, 0.25) is 0 Å². The number of non-ortho nitro benzene ring substituents is 1. The van der Waals surface area contributed by atoms with E-state index >= 15 is 0 Å². The molecule has 9 heteroatoms. The summed E-state index contributed by atoms with van der Waals surface area (Å²) in [7, 11) is 1.48. The van der Waals surface area contributed by atoms with Gasteiger partial charge >= 0.3 is 0 Å². The quantitative estimate of drug-likeness (QED) is 0.338. The Morgan fingerprint density at radius 3 is 2.71 bits per heavy atom. The Hall–Kier alpha value is -3.46. The van der Waals surface area contributed by atoms with Crippen LogP contribution in [0.3, 0.4) is 0 Å². The number of furan rings is 1. The number of methoxy groups -OCH3 is 1. The van der Waals surface area contributed by atoms with Crippen molar-refractivity contribution in [3.8, 4) is 17.1 Å². The SMILES string of the molecule is COc1cc([N+](=O)[O-])ccc1-c1ccc([C@H]2[C@H](c3ccccn3)NC(=S)N2C(C)C)o1. The lowest BCUT2D eigenvalue weighted by atomic mass is 10.0. The minimum absolute atomic E-state index is 0.0427. The van der Waals surface area contributed by atoms with E-state index in [1.165, 1.54) is 19.2 Å². The Balaban J connectivity index is 1.75. The van der Waals surface area contributed by atoms with E-state index in [9.17, 15) is 10.1 Å². The zero-order valence-corrected chi connectivity index (χ0v) is 18.1. The standard InChI is InChI=1S/C22H22N4O4S/c1-13(2)25-21(20(24-22(25)31)16-6-4-5-11-23-16)18-10-9-17(30-18)15-8-7-14(26(27)28)12-19(15)29-3/h4-13,20-21H,1-3H3,(H,24,31)/t20-,21-/m0/s1. The van der Waals surface area contributed by atoms with Gasteiger partial charge in [0.15, 0.2) is 5.11 Å². The Labute approximate surface area is 185 Å². The van der Waals surface area contributed by atoms with Gasteiger partial charge in [0.25, 0.3) is 5.69 Å². The minimum atomic E-state index is -0.455. The molecule has 3 aromatic rings. The summed E-state index contributed by atoms with van der Waals surface area (Å²) < 4.78 is 11.6. The van der Waals surface area contributed by atoms with E-state index in [2.05, 4.69) is 29.0 Å². The largest absolute Gasteiger partial charge is 0.496 e. The first kappa shape index (κ1) is 20.8. The lowest BCUT2D eigenvalue weighted by Crippen LogP contribution is -2.35. The summed E-state index contributed by atoms with van der Waals surface area (Å²) >= 11 is 5.61. The average Bonchev–Trinajstić information content (AvgIpc) is 3.38. The molecule has 1 saturated heterocycles. The van der Waals surface area contributed by atoms with Crippen LogP contribution in [0.1, 0.15) is 37.4 Å². The monoisotopic (exact) mass is 438 g/mol. The van der Waals surface area contributed by atoms with Crippen molar-refractivity contribution in [1.82, 2.24) is 15.2 Å². The van der Waals surface area contributed by atoms with Gasteiger partial charge in [0.05, 0.1) is 35.4 Å². The first-order valence-electron chi connectivity index (χ1n) is 9.83. The molecule has 0 unspecified atom stereocenters. The second kappa shape index (κ2) is 8.35. The zero-order valence-electron chi connectivity index (χ0n) is 17.3. The summed E-state index contributed by atoms with van der Waals surface area (Å²) in [6.07, 6.45) is 1.75. The molecule has 0 aliphatic carbocycles. The van der Waals surface area contributed by atoms with Gasteiger partial charge in [0.1, 0.15) is 23.3 Å². The fourth-order valence-corrected chi connectivity index (χ4v) is 4.33. The van der Waals surface area contributed by atoms with Gasteiger partial charge in [-0.25, -0.2) is 0 Å². The van der Waals surface area contributed by atoms with E-state index in [1.807, 2.05) is 30.3 Å². The van der Waals surface area contributed by atoms with Gasteiger partial charge < -0.3 is 19.4 Å². The molecule has 160 valence electrons. The summed E-state index contributed by atoms with van der Waals surface area (Å²) in [5, 5.41) is 15.1. The van der Waals surface area contributed by atoms with Crippen molar-refractivity contribution in [3.63, 3.8) is 0 Å². The van der Waals surface area contributed by atoms with Crippen molar-refractivity contribution < 1.29 is 14.1 Å². The molecular formula is C22H22N4O4S. The van der Waals surface area contributed by atoms with Crippen LogP contribution in [0.5, 0.6) is 5.75 Å². The van der Waals surface area contributed by atoms with E-state index < -0.39 is 4.92 Å². The van der Waals surface area contributed by atoms with Gasteiger partial charge in [-0.15, -0.1) is 0 Å².